The van der Waals surface area contributed by atoms with Crippen molar-refractivity contribution in [2.75, 3.05) is 37.2 Å². The summed E-state index contributed by atoms with van der Waals surface area (Å²) < 4.78 is 3.89. The predicted molar refractivity (Wildman–Crippen MR) is 153 cm³/mol. The number of benzene rings is 1. The minimum atomic E-state index is -0.247. The monoisotopic (exact) mass is 546 g/mol. The Balaban J connectivity index is 1.08. The lowest BCUT2D eigenvalue weighted by atomic mass is 9.95. The number of imidazole rings is 1. The zero-order chi connectivity index (χ0) is 27.6. The second kappa shape index (κ2) is 11.4. The van der Waals surface area contributed by atoms with Gasteiger partial charge in [0.2, 0.25) is 5.95 Å². The maximum Gasteiger partial charge on any atom is 0.328 e. The first kappa shape index (κ1) is 26.4. The van der Waals surface area contributed by atoms with Gasteiger partial charge in [-0.2, -0.15) is 9.97 Å². The van der Waals surface area contributed by atoms with Gasteiger partial charge in [-0.25, -0.2) is 9.80 Å². The van der Waals surface area contributed by atoms with Crippen molar-refractivity contribution in [2.24, 2.45) is 5.84 Å². The zero-order valence-electron chi connectivity index (χ0n) is 23.0. The molecule has 2 aliphatic rings. The molecule has 4 aromatic rings. The van der Waals surface area contributed by atoms with Gasteiger partial charge in [0.25, 0.3) is 0 Å². The fourth-order valence-electron chi connectivity index (χ4n) is 5.70. The van der Waals surface area contributed by atoms with Gasteiger partial charge in [-0.05, 0) is 43.5 Å². The van der Waals surface area contributed by atoms with E-state index in [4.69, 9.17) is 11.6 Å². The molecule has 1 aromatic carbocycles. The number of hydrazine groups is 1. The molecular weight excluding hydrogens is 508 g/mol. The number of aromatic nitrogens is 7. The fraction of sp³-hybridized carbons (Fsp3) is 0.519. The van der Waals surface area contributed by atoms with Crippen molar-refractivity contribution < 1.29 is 0 Å². The number of rotatable bonds is 9. The Bertz CT molecular complexity index is 1510. The Kier molecular flexibility index (Phi) is 7.50. The van der Waals surface area contributed by atoms with E-state index >= 15 is 0 Å². The Hall–Kier alpha value is -3.81. The predicted octanol–water partition coefficient (Wildman–Crippen LogP) is 1.62. The summed E-state index contributed by atoms with van der Waals surface area (Å²) in [5.41, 5.74) is 9.14. The van der Waals surface area contributed by atoms with Crippen molar-refractivity contribution in [3.63, 3.8) is 0 Å². The summed E-state index contributed by atoms with van der Waals surface area (Å²) in [5.74, 6) is 9.19. The quantitative estimate of drug-likeness (QED) is 0.179. The number of H-pyrrole nitrogens is 1. The van der Waals surface area contributed by atoms with Gasteiger partial charge < -0.3 is 20.6 Å². The molecule has 3 aromatic heterocycles. The lowest BCUT2D eigenvalue weighted by Gasteiger charge is -2.32. The average Bonchev–Trinajstić information content (AvgIpc) is 3.51. The number of likely N-dealkylation sites (tertiary alicyclic amines) is 1. The summed E-state index contributed by atoms with van der Waals surface area (Å²) in [6, 6.07) is 8.47. The van der Waals surface area contributed by atoms with Crippen LogP contribution in [0.15, 0.2) is 29.1 Å². The second-order valence-corrected chi connectivity index (χ2v) is 10.9. The minimum Gasteiger partial charge on any atom is -0.382 e. The number of hydrogen-bond acceptors (Lipinski definition) is 10. The molecule has 2 aliphatic heterocycles. The molecule has 0 aliphatic carbocycles. The SMILES string of the molecule is CCCCNc1nc(N)c2[nH]c(=O)n(Cc3ccc(CN4CCC(c5nnc6n5CCN(N)C6)CC4)cc3)c2n1. The molecule has 6 rings (SSSR count). The topological polar surface area (TPSA) is 165 Å². The number of nitrogens with one attached hydrogen (secondary N) is 2. The van der Waals surface area contributed by atoms with Gasteiger partial charge in [-0.15, -0.1) is 10.2 Å². The smallest absolute Gasteiger partial charge is 0.328 e. The summed E-state index contributed by atoms with van der Waals surface area (Å²) in [7, 11) is 0. The van der Waals surface area contributed by atoms with E-state index in [1.54, 1.807) is 9.58 Å². The van der Waals surface area contributed by atoms with E-state index in [9.17, 15) is 4.79 Å². The first-order chi connectivity index (χ1) is 19.5. The van der Waals surface area contributed by atoms with Gasteiger partial charge >= 0.3 is 5.69 Å². The third-order valence-electron chi connectivity index (χ3n) is 8.00. The average molecular weight is 547 g/mol. The maximum absolute atomic E-state index is 12.7. The van der Waals surface area contributed by atoms with Crippen LogP contribution in [-0.2, 0) is 26.2 Å². The number of anilines is 2. The van der Waals surface area contributed by atoms with Crippen LogP contribution in [0, 0.1) is 0 Å². The lowest BCUT2D eigenvalue weighted by Crippen LogP contribution is -2.39. The van der Waals surface area contributed by atoms with E-state index in [1.165, 1.54) is 5.56 Å². The van der Waals surface area contributed by atoms with Crippen molar-refractivity contribution in [3.05, 3.63) is 57.5 Å². The van der Waals surface area contributed by atoms with E-state index in [-0.39, 0.29) is 11.5 Å². The molecule has 40 heavy (non-hydrogen) atoms. The van der Waals surface area contributed by atoms with Gasteiger partial charge in [-0.3, -0.25) is 15.3 Å². The van der Waals surface area contributed by atoms with Crippen LogP contribution >= 0.6 is 0 Å². The molecule has 6 N–H and O–H groups in total. The van der Waals surface area contributed by atoms with E-state index in [0.717, 1.165) is 82.2 Å². The standard InChI is InChI=1S/C27H38N12O/c1-2-3-10-30-26-32-23(28)22-25(33-26)39(27(40)31-22)16-19-6-4-18(5-7-19)15-36-11-8-20(9-12-36)24-35-34-21-17-37(29)13-14-38(21)24/h4-7,20H,2-3,8-17,29H2,1H3,(H,31,40)(H3,28,30,32,33). The van der Waals surface area contributed by atoms with Crippen molar-refractivity contribution in [1.82, 2.24) is 44.2 Å². The number of nitrogens with two attached hydrogens (primary N) is 2. The van der Waals surface area contributed by atoms with Crippen LogP contribution in [0.1, 0.15) is 61.3 Å². The number of nitrogen functional groups attached to an aromatic ring is 1. The first-order valence-corrected chi connectivity index (χ1v) is 14.2. The summed E-state index contributed by atoms with van der Waals surface area (Å²) in [5, 5.41) is 13.9. The van der Waals surface area contributed by atoms with Crippen LogP contribution in [0.2, 0.25) is 0 Å². The van der Waals surface area contributed by atoms with Crippen molar-refractivity contribution >= 4 is 22.9 Å². The molecular formula is C27H38N12O. The van der Waals surface area contributed by atoms with Crippen LogP contribution < -0.4 is 22.6 Å². The molecule has 0 spiro atoms. The molecule has 0 saturated carbocycles. The maximum atomic E-state index is 12.7. The highest BCUT2D eigenvalue weighted by Gasteiger charge is 2.28. The van der Waals surface area contributed by atoms with E-state index in [0.29, 0.717) is 36.1 Å². The van der Waals surface area contributed by atoms with E-state index in [1.807, 2.05) is 0 Å². The molecule has 0 unspecified atom stereocenters. The minimum absolute atomic E-state index is 0.247. The summed E-state index contributed by atoms with van der Waals surface area (Å²) in [6.45, 7) is 8.59. The highest BCUT2D eigenvalue weighted by atomic mass is 16.1. The molecule has 0 radical (unpaired) electrons. The van der Waals surface area contributed by atoms with Gasteiger partial charge in [0.05, 0.1) is 13.1 Å². The van der Waals surface area contributed by atoms with Crippen LogP contribution in [0.4, 0.5) is 11.8 Å². The molecule has 212 valence electrons. The Morgan fingerprint density at radius 1 is 1.02 bits per heavy atom. The third kappa shape index (κ3) is 5.44. The van der Waals surface area contributed by atoms with Crippen LogP contribution in [0.25, 0.3) is 11.2 Å². The van der Waals surface area contributed by atoms with Crippen LogP contribution in [-0.4, -0.2) is 70.4 Å². The van der Waals surface area contributed by atoms with Crippen molar-refractivity contribution in [2.45, 2.75) is 64.7 Å². The Morgan fingerprint density at radius 2 is 1.77 bits per heavy atom. The number of fused-ring (bicyclic) bond motifs is 2. The first-order valence-electron chi connectivity index (χ1n) is 14.2. The van der Waals surface area contributed by atoms with Gasteiger partial charge in [0, 0.05) is 32.1 Å². The van der Waals surface area contributed by atoms with Crippen molar-refractivity contribution in [3.8, 4) is 0 Å². The molecule has 13 nitrogen and oxygen atoms in total. The lowest BCUT2D eigenvalue weighted by molar-refractivity contribution is 0.193. The summed E-state index contributed by atoms with van der Waals surface area (Å²) >= 11 is 0. The largest absolute Gasteiger partial charge is 0.382 e. The molecule has 13 heteroatoms. The summed E-state index contributed by atoms with van der Waals surface area (Å²) in [4.78, 5) is 26.9. The van der Waals surface area contributed by atoms with E-state index in [2.05, 4.69) is 71.1 Å². The van der Waals surface area contributed by atoms with Crippen LogP contribution in [0.3, 0.4) is 0 Å². The van der Waals surface area contributed by atoms with Gasteiger partial charge in [0.1, 0.15) is 17.2 Å². The number of unbranched alkanes of at least 4 members (excludes halogenated alkanes) is 1. The highest BCUT2D eigenvalue weighted by molar-refractivity contribution is 5.82. The van der Waals surface area contributed by atoms with Crippen molar-refractivity contribution in [1.29, 1.82) is 0 Å². The van der Waals surface area contributed by atoms with Gasteiger partial charge in [-0.1, -0.05) is 37.6 Å². The number of hydrogen-bond donors (Lipinski definition) is 4. The fourth-order valence-corrected chi connectivity index (χ4v) is 5.70. The number of aromatic amines is 1. The zero-order valence-corrected chi connectivity index (χ0v) is 23.0. The molecule has 0 atom stereocenters. The third-order valence-corrected chi connectivity index (χ3v) is 8.00. The molecule has 1 saturated heterocycles. The molecule has 0 bridgehead atoms. The van der Waals surface area contributed by atoms with Crippen LogP contribution in [0.5, 0.6) is 0 Å². The number of nitrogens with zero attached hydrogens (tertiary/aromatic N) is 8. The van der Waals surface area contributed by atoms with E-state index < -0.39 is 0 Å². The Morgan fingerprint density at radius 3 is 2.52 bits per heavy atom. The summed E-state index contributed by atoms with van der Waals surface area (Å²) in [6.07, 6.45) is 4.22. The van der Waals surface area contributed by atoms with Gasteiger partial charge in [0.15, 0.2) is 11.5 Å². The second-order valence-electron chi connectivity index (χ2n) is 10.9. The number of piperidine rings is 1. The highest BCUT2D eigenvalue weighted by Crippen LogP contribution is 2.29. The Labute approximate surface area is 232 Å². The normalized spacial score (nSPS) is 16.9. The molecule has 1 fully saturated rings. The molecule has 0 amide bonds. The molecule has 5 heterocycles.